The Kier molecular flexibility index (Phi) is 4.49. The van der Waals surface area contributed by atoms with Gasteiger partial charge in [0.15, 0.2) is 5.96 Å². The van der Waals surface area contributed by atoms with Gasteiger partial charge in [-0.3, -0.25) is 4.79 Å². The summed E-state index contributed by atoms with van der Waals surface area (Å²) in [6.45, 7) is 0. The molecule has 6 N–H and O–H groups in total. The third kappa shape index (κ3) is 4.20. The highest BCUT2D eigenvalue weighted by atomic mass is 19.4. The molecule has 10 heteroatoms. The van der Waals surface area contributed by atoms with Crippen molar-refractivity contribution in [2.45, 2.75) is 6.18 Å². The van der Waals surface area contributed by atoms with Crippen LogP contribution in [0.5, 0.6) is 0 Å². The summed E-state index contributed by atoms with van der Waals surface area (Å²) in [5, 5.41) is 8.68. The molecule has 0 saturated carbocycles. The van der Waals surface area contributed by atoms with Gasteiger partial charge in [-0.25, -0.2) is 4.99 Å². The van der Waals surface area contributed by atoms with E-state index in [1.165, 1.54) is 6.07 Å². The van der Waals surface area contributed by atoms with Crippen LogP contribution >= 0.6 is 0 Å². The van der Waals surface area contributed by atoms with Crippen LogP contribution in [0.2, 0.25) is 0 Å². The van der Waals surface area contributed by atoms with Crippen molar-refractivity contribution in [1.29, 1.82) is 5.26 Å². The Morgan fingerprint density at radius 3 is 2.33 bits per heavy atom. The second-order valence-electron chi connectivity index (χ2n) is 3.68. The molecule has 21 heavy (non-hydrogen) atoms. The predicted octanol–water partition coefficient (Wildman–Crippen LogP) is 0.523. The minimum absolute atomic E-state index is 0.137. The number of hydrogen-bond donors (Lipinski definition) is 3. The van der Waals surface area contributed by atoms with Crippen LogP contribution in [0.1, 0.15) is 15.9 Å². The quantitative estimate of drug-likeness (QED) is 0.414. The smallest absolute Gasteiger partial charge is 0.370 e. The third-order valence-corrected chi connectivity index (χ3v) is 2.11. The van der Waals surface area contributed by atoms with Crippen LogP contribution in [-0.2, 0) is 0 Å². The summed E-state index contributed by atoms with van der Waals surface area (Å²) in [5.74, 6) is -3.14. The van der Waals surface area contributed by atoms with Gasteiger partial charge in [-0.05, 0) is 18.2 Å². The molecule has 0 aliphatic carbocycles. The minimum Gasteiger partial charge on any atom is -0.370 e. The van der Waals surface area contributed by atoms with E-state index in [2.05, 4.69) is 9.98 Å². The predicted molar refractivity (Wildman–Crippen MR) is 68.6 cm³/mol. The number of alkyl halides is 3. The van der Waals surface area contributed by atoms with Crippen molar-refractivity contribution >= 4 is 23.4 Å². The maximum Gasteiger partial charge on any atom is 0.454 e. The highest BCUT2D eigenvalue weighted by molar-refractivity contribution is 6.05. The number of halogens is 3. The van der Waals surface area contributed by atoms with E-state index in [4.69, 9.17) is 22.5 Å². The number of rotatable bonds is 2. The van der Waals surface area contributed by atoms with E-state index in [9.17, 15) is 18.0 Å². The van der Waals surface area contributed by atoms with Gasteiger partial charge in [-0.15, -0.1) is 0 Å². The van der Waals surface area contributed by atoms with Crippen LogP contribution in [-0.4, -0.2) is 23.9 Å². The number of Topliss-reactive ketones (excluding diaryl/α,β-unsaturated/α-hetero) is 1. The number of aliphatic imine (C=N–C) groups is 2. The molecule has 0 saturated heterocycles. The van der Waals surface area contributed by atoms with Crippen molar-refractivity contribution in [2.75, 3.05) is 0 Å². The van der Waals surface area contributed by atoms with Crippen LogP contribution in [0.15, 0.2) is 28.2 Å². The summed E-state index contributed by atoms with van der Waals surface area (Å²) in [5.41, 5.74) is 14.0. The fourth-order valence-corrected chi connectivity index (χ4v) is 1.32. The normalized spacial score (nSPS) is 11.6. The zero-order valence-corrected chi connectivity index (χ0v) is 10.3. The highest BCUT2D eigenvalue weighted by Crippen LogP contribution is 2.28. The first-order chi connectivity index (χ1) is 9.65. The van der Waals surface area contributed by atoms with Gasteiger partial charge < -0.3 is 17.2 Å². The number of benzene rings is 1. The molecule has 1 rings (SSSR count). The lowest BCUT2D eigenvalue weighted by Gasteiger charge is -2.08. The molecule has 110 valence electrons. The van der Waals surface area contributed by atoms with Gasteiger partial charge in [0, 0.05) is 0 Å². The first-order valence-electron chi connectivity index (χ1n) is 5.24. The van der Waals surface area contributed by atoms with Crippen LogP contribution in [0.25, 0.3) is 0 Å². The van der Waals surface area contributed by atoms with E-state index in [0.29, 0.717) is 0 Å². The number of ketones is 1. The van der Waals surface area contributed by atoms with Gasteiger partial charge in [0.2, 0.25) is 5.96 Å². The lowest BCUT2D eigenvalue weighted by Crippen LogP contribution is -2.26. The summed E-state index contributed by atoms with van der Waals surface area (Å²) in [6, 6.07) is 4.59. The minimum atomic E-state index is -5.12. The van der Waals surface area contributed by atoms with Gasteiger partial charge in [0.05, 0.1) is 22.9 Å². The fourth-order valence-electron chi connectivity index (χ4n) is 1.32. The van der Waals surface area contributed by atoms with Crippen molar-refractivity contribution in [2.24, 2.45) is 27.2 Å². The van der Waals surface area contributed by atoms with Crippen LogP contribution in [0.4, 0.5) is 18.9 Å². The maximum absolute atomic E-state index is 12.5. The molecular formula is C11H9F3N6O. The Labute approximate surface area is 116 Å². The number of guanidine groups is 2. The molecule has 0 radical (unpaired) electrons. The van der Waals surface area contributed by atoms with E-state index in [1.54, 1.807) is 6.07 Å². The zero-order valence-electron chi connectivity index (χ0n) is 10.3. The molecule has 0 aliphatic rings. The van der Waals surface area contributed by atoms with Gasteiger partial charge >= 0.3 is 6.18 Å². The van der Waals surface area contributed by atoms with Crippen molar-refractivity contribution < 1.29 is 18.0 Å². The van der Waals surface area contributed by atoms with E-state index in [0.717, 1.165) is 12.1 Å². The van der Waals surface area contributed by atoms with Gasteiger partial charge in [-0.2, -0.15) is 23.4 Å². The van der Waals surface area contributed by atoms with Gasteiger partial charge in [0.25, 0.3) is 5.78 Å². The van der Waals surface area contributed by atoms with Crippen molar-refractivity contribution in [1.82, 2.24) is 0 Å². The molecule has 7 nitrogen and oxygen atoms in total. The Morgan fingerprint density at radius 1 is 1.24 bits per heavy atom. The molecule has 0 aromatic heterocycles. The number of carbonyl (C=O) groups excluding carboxylic acids is 1. The number of nitrogens with zero attached hydrogens (tertiary/aromatic N) is 3. The molecule has 0 spiro atoms. The average Bonchev–Trinajstić information content (AvgIpc) is 2.36. The number of carbonyl (C=O) groups is 1. The maximum atomic E-state index is 12.5. The topological polar surface area (TPSA) is 144 Å². The van der Waals surface area contributed by atoms with Crippen LogP contribution < -0.4 is 17.2 Å². The lowest BCUT2D eigenvalue weighted by molar-refractivity contribution is -0.0884. The number of nitriles is 1. The summed E-state index contributed by atoms with van der Waals surface area (Å²) < 4.78 is 37.6. The van der Waals surface area contributed by atoms with Gasteiger partial charge in [-0.1, -0.05) is 0 Å². The Bertz CT molecular complexity index is 668. The van der Waals surface area contributed by atoms with E-state index < -0.39 is 35.1 Å². The molecule has 0 amide bonds. The van der Waals surface area contributed by atoms with E-state index >= 15 is 0 Å². The first kappa shape index (κ1) is 16.0. The zero-order chi connectivity index (χ0) is 16.2. The SMILES string of the molecule is N#Cc1ccc(N=C(N)N=C(N)N)c(C(=O)C(F)(F)F)c1. The standard InChI is InChI=1S/C11H9F3N6O/c12-11(13,14)8(21)6-3-5(4-15)1-2-7(6)19-10(18)20-9(16)17/h1-3H,(H6,16,17,18,19,20). The molecule has 1 aromatic rings. The van der Waals surface area contributed by atoms with Crippen LogP contribution in [0.3, 0.4) is 0 Å². The summed E-state index contributed by atoms with van der Waals surface area (Å²) in [4.78, 5) is 18.2. The molecule has 0 bridgehead atoms. The van der Waals surface area contributed by atoms with E-state index in [1.807, 2.05) is 0 Å². The summed E-state index contributed by atoms with van der Waals surface area (Å²) >= 11 is 0. The molecule has 0 heterocycles. The monoisotopic (exact) mass is 298 g/mol. The fraction of sp³-hybridized carbons (Fsp3) is 0.0909. The van der Waals surface area contributed by atoms with Crippen molar-refractivity contribution in [3.05, 3.63) is 29.3 Å². The number of nitrogens with two attached hydrogens (primary N) is 3. The van der Waals surface area contributed by atoms with Gasteiger partial charge in [0.1, 0.15) is 0 Å². The summed E-state index contributed by atoms with van der Waals surface area (Å²) in [7, 11) is 0. The molecule has 0 aliphatic heterocycles. The molecular weight excluding hydrogens is 289 g/mol. The first-order valence-corrected chi connectivity index (χ1v) is 5.24. The largest absolute Gasteiger partial charge is 0.454 e. The molecule has 0 atom stereocenters. The molecule has 0 fully saturated rings. The van der Waals surface area contributed by atoms with E-state index in [-0.39, 0.29) is 5.56 Å². The number of hydrogen-bond acceptors (Lipinski definition) is 3. The molecule has 0 unspecified atom stereocenters. The lowest BCUT2D eigenvalue weighted by atomic mass is 10.1. The Balaban J connectivity index is 3.44. The highest BCUT2D eigenvalue weighted by Gasteiger charge is 2.40. The Hall–Kier alpha value is -3.09. The van der Waals surface area contributed by atoms with Crippen molar-refractivity contribution in [3.8, 4) is 6.07 Å². The second-order valence-corrected chi connectivity index (χ2v) is 3.68. The van der Waals surface area contributed by atoms with Crippen molar-refractivity contribution in [3.63, 3.8) is 0 Å². The third-order valence-electron chi connectivity index (χ3n) is 2.11. The summed E-state index contributed by atoms with van der Waals surface area (Å²) in [6.07, 6.45) is -5.12. The van der Waals surface area contributed by atoms with Crippen LogP contribution in [0, 0.1) is 11.3 Å². The Morgan fingerprint density at radius 2 is 1.86 bits per heavy atom. The average molecular weight is 298 g/mol. The second kappa shape index (κ2) is 5.91. The molecule has 1 aromatic carbocycles.